The summed E-state index contributed by atoms with van der Waals surface area (Å²) in [6.07, 6.45) is 0. The molecule has 0 aliphatic heterocycles. The van der Waals surface area contributed by atoms with Crippen molar-refractivity contribution in [3.63, 3.8) is 0 Å². The molecule has 2 rings (SSSR count). The predicted molar refractivity (Wildman–Crippen MR) is 80.5 cm³/mol. The molecule has 0 saturated carbocycles. The van der Waals surface area contributed by atoms with Gasteiger partial charge in [0.15, 0.2) is 6.61 Å². The number of anilines is 1. The average Bonchev–Trinajstić information content (AvgIpc) is 2.45. The normalized spacial score (nSPS) is 10.1. The van der Waals surface area contributed by atoms with E-state index < -0.39 is 17.6 Å². The van der Waals surface area contributed by atoms with Crippen LogP contribution in [0.15, 0.2) is 42.5 Å². The Labute approximate surface area is 130 Å². The Morgan fingerprint density at radius 1 is 1.23 bits per heavy atom. The summed E-state index contributed by atoms with van der Waals surface area (Å²) in [5.74, 6) is -1.54. The van der Waals surface area contributed by atoms with Crippen LogP contribution in [-0.4, -0.2) is 18.4 Å². The molecule has 0 spiro atoms. The van der Waals surface area contributed by atoms with E-state index in [1.165, 1.54) is 42.5 Å². The Kier molecular flexibility index (Phi) is 4.95. The van der Waals surface area contributed by atoms with E-state index in [4.69, 9.17) is 22.1 Å². The first-order chi connectivity index (χ1) is 10.5. The van der Waals surface area contributed by atoms with Crippen LogP contribution in [0.25, 0.3) is 0 Å². The Balaban J connectivity index is 2.01. The molecule has 0 unspecified atom stereocenters. The third kappa shape index (κ3) is 4.20. The second-order valence-corrected chi connectivity index (χ2v) is 4.79. The van der Waals surface area contributed by atoms with Crippen molar-refractivity contribution >= 4 is 29.1 Å². The van der Waals surface area contributed by atoms with E-state index in [1.807, 2.05) is 0 Å². The fourth-order valence-corrected chi connectivity index (χ4v) is 1.90. The van der Waals surface area contributed by atoms with E-state index >= 15 is 0 Å². The molecule has 5 nitrogen and oxygen atoms in total. The number of nitrogens with one attached hydrogen (secondary N) is 1. The minimum Gasteiger partial charge on any atom is -0.483 e. The second-order valence-electron chi connectivity index (χ2n) is 4.35. The lowest BCUT2D eigenvalue weighted by molar-refractivity contribution is -0.118. The Morgan fingerprint density at radius 3 is 2.68 bits per heavy atom. The molecule has 3 N–H and O–H groups in total. The van der Waals surface area contributed by atoms with Crippen molar-refractivity contribution in [3.8, 4) is 5.75 Å². The van der Waals surface area contributed by atoms with Crippen LogP contribution in [0, 0.1) is 5.82 Å². The first kappa shape index (κ1) is 15.8. The van der Waals surface area contributed by atoms with Crippen LogP contribution in [0.5, 0.6) is 5.75 Å². The van der Waals surface area contributed by atoms with Gasteiger partial charge in [-0.2, -0.15) is 0 Å². The maximum Gasteiger partial charge on any atom is 0.262 e. The summed E-state index contributed by atoms with van der Waals surface area (Å²) < 4.78 is 18.3. The Morgan fingerprint density at radius 2 is 2.00 bits per heavy atom. The van der Waals surface area contributed by atoms with Crippen molar-refractivity contribution in [3.05, 3.63) is 58.9 Å². The smallest absolute Gasteiger partial charge is 0.262 e. The number of carbonyl (C=O) groups excluding carboxylic acids is 2. The van der Waals surface area contributed by atoms with Gasteiger partial charge in [-0.15, -0.1) is 0 Å². The van der Waals surface area contributed by atoms with Crippen LogP contribution in [0.3, 0.4) is 0 Å². The zero-order valence-electron chi connectivity index (χ0n) is 11.3. The molecular formula is C15H12ClFN2O3. The van der Waals surface area contributed by atoms with Gasteiger partial charge < -0.3 is 15.8 Å². The minimum absolute atomic E-state index is 0.0751. The van der Waals surface area contributed by atoms with Crippen molar-refractivity contribution in [2.75, 3.05) is 11.9 Å². The molecule has 0 radical (unpaired) electrons. The molecule has 0 fully saturated rings. The third-order valence-electron chi connectivity index (χ3n) is 2.67. The monoisotopic (exact) mass is 322 g/mol. The molecule has 2 amide bonds. The van der Waals surface area contributed by atoms with E-state index in [1.54, 1.807) is 0 Å². The lowest BCUT2D eigenvalue weighted by Crippen LogP contribution is -2.21. The zero-order valence-corrected chi connectivity index (χ0v) is 12.1. The van der Waals surface area contributed by atoms with Gasteiger partial charge in [0.25, 0.3) is 11.8 Å². The molecule has 0 saturated heterocycles. The Hall–Kier alpha value is -2.60. The number of benzene rings is 2. The highest BCUT2D eigenvalue weighted by Gasteiger charge is 2.12. The maximum atomic E-state index is 13.0. The van der Waals surface area contributed by atoms with Gasteiger partial charge >= 0.3 is 0 Å². The highest BCUT2D eigenvalue weighted by Crippen LogP contribution is 2.22. The summed E-state index contributed by atoms with van der Waals surface area (Å²) in [7, 11) is 0. The number of hydrogen-bond donors (Lipinski definition) is 2. The second kappa shape index (κ2) is 6.91. The summed E-state index contributed by atoms with van der Waals surface area (Å²) in [5.41, 5.74) is 5.59. The molecule has 0 atom stereocenters. The first-order valence-electron chi connectivity index (χ1n) is 6.23. The SMILES string of the molecule is NC(=O)c1cc(Cl)ccc1OCC(=O)Nc1cccc(F)c1. The number of nitrogens with two attached hydrogens (primary N) is 1. The van der Waals surface area contributed by atoms with Crippen molar-refractivity contribution < 1.29 is 18.7 Å². The van der Waals surface area contributed by atoms with Gasteiger partial charge in [-0.05, 0) is 36.4 Å². The summed E-state index contributed by atoms with van der Waals surface area (Å²) in [4.78, 5) is 23.0. The molecule has 22 heavy (non-hydrogen) atoms. The van der Waals surface area contributed by atoms with Gasteiger partial charge in [-0.3, -0.25) is 9.59 Å². The molecular weight excluding hydrogens is 311 g/mol. The number of amides is 2. The molecule has 114 valence electrons. The lowest BCUT2D eigenvalue weighted by Gasteiger charge is -2.10. The molecule has 0 aliphatic rings. The van der Waals surface area contributed by atoms with Crippen LogP contribution < -0.4 is 15.8 Å². The van der Waals surface area contributed by atoms with Crippen LogP contribution in [0.4, 0.5) is 10.1 Å². The van der Waals surface area contributed by atoms with E-state index in [2.05, 4.69) is 5.32 Å². The summed E-state index contributed by atoms with van der Waals surface area (Å²) in [5, 5.41) is 2.79. The van der Waals surface area contributed by atoms with E-state index in [0.29, 0.717) is 10.7 Å². The summed E-state index contributed by atoms with van der Waals surface area (Å²) >= 11 is 5.77. The van der Waals surface area contributed by atoms with Gasteiger partial charge in [-0.1, -0.05) is 17.7 Å². The standard InChI is InChI=1S/C15H12ClFN2O3/c16-9-4-5-13(12(6-9)15(18)21)22-8-14(20)19-11-3-1-2-10(17)7-11/h1-7H,8H2,(H2,18,21)(H,19,20). The van der Waals surface area contributed by atoms with Gasteiger partial charge in [0.1, 0.15) is 11.6 Å². The van der Waals surface area contributed by atoms with Gasteiger partial charge in [0.05, 0.1) is 5.56 Å². The number of hydrogen-bond acceptors (Lipinski definition) is 3. The summed E-state index contributed by atoms with van der Waals surface area (Å²) in [6, 6.07) is 9.75. The number of rotatable bonds is 5. The van der Waals surface area contributed by atoms with Gasteiger partial charge in [-0.25, -0.2) is 4.39 Å². The van der Waals surface area contributed by atoms with Crippen molar-refractivity contribution in [2.45, 2.75) is 0 Å². The van der Waals surface area contributed by atoms with E-state index in [-0.39, 0.29) is 17.9 Å². The topological polar surface area (TPSA) is 81.4 Å². The third-order valence-corrected chi connectivity index (χ3v) is 2.91. The average molecular weight is 323 g/mol. The van der Waals surface area contributed by atoms with E-state index in [9.17, 15) is 14.0 Å². The van der Waals surface area contributed by atoms with Crippen molar-refractivity contribution in [1.82, 2.24) is 0 Å². The van der Waals surface area contributed by atoms with Crippen molar-refractivity contribution in [2.24, 2.45) is 5.73 Å². The number of ether oxygens (including phenoxy) is 1. The molecule has 2 aromatic carbocycles. The highest BCUT2D eigenvalue weighted by molar-refractivity contribution is 6.31. The zero-order chi connectivity index (χ0) is 16.1. The maximum absolute atomic E-state index is 13.0. The van der Waals surface area contributed by atoms with Gasteiger partial charge in [0, 0.05) is 10.7 Å². The first-order valence-corrected chi connectivity index (χ1v) is 6.61. The molecule has 0 heterocycles. The molecule has 0 bridgehead atoms. The largest absolute Gasteiger partial charge is 0.483 e. The lowest BCUT2D eigenvalue weighted by atomic mass is 10.2. The highest BCUT2D eigenvalue weighted by atomic mass is 35.5. The van der Waals surface area contributed by atoms with E-state index in [0.717, 1.165) is 0 Å². The minimum atomic E-state index is -0.719. The number of halogens is 2. The van der Waals surface area contributed by atoms with Gasteiger partial charge in [0.2, 0.25) is 0 Å². The van der Waals surface area contributed by atoms with Crippen LogP contribution in [-0.2, 0) is 4.79 Å². The summed E-state index contributed by atoms with van der Waals surface area (Å²) in [6.45, 7) is -0.363. The van der Waals surface area contributed by atoms with Crippen LogP contribution >= 0.6 is 11.6 Å². The van der Waals surface area contributed by atoms with Crippen LogP contribution in [0.2, 0.25) is 5.02 Å². The fourth-order valence-electron chi connectivity index (χ4n) is 1.73. The molecule has 2 aromatic rings. The number of primary amides is 1. The van der Waals surface area contributed by atoms with Crippen LogP contribution in [0.1, 0.15) is 10.4 Å². The number of carbonyl (C=O) groups is 2. The fraction of sp³-hybridized carbons (Fsp3) is 0.0667. The molecule has 7 heteroatoms. The molecule has 0 aromatic heterocycles. The Bertz CT molecular complexity index is 722. The quantitative estimate of drug-likeness (QED) is 0.887. The predicted octanol–water partition coefficient (Wildman–Crippen LogP) is 2.60. The van der Waals surface area contributed by atoms with Crippen molar-refractivity contribution in [1.29, 1.82) is 0 Å². The molecule has 0 aliphatic carbocycles.